The first-order valence-corrected chi connectivity index (χ1v) is 8.93. The number of hydrogen-bond donors (Lipinski definition) is 0. The first-order chi connectivity index (χ1) is 6.62. The Bertz CT molecular complexity index is 356. The lowest BCUT2D eigenvalue weighted by molar-refractivity contribution is 0.585. The molecule has 0 aromatic heterocycles. The van der Waals surface area contributed by atoms with Gasteiger partial charge in [0.2, 0.25) is 0 Å². The van der Waals surface area contributed by atoms with Crippen LogP contribution in [-0.2, 0) is 5.41 Å². The molecule has 1 aromatic rings. The standard InChI is InChI=1S/C13H21FSi/c1-13(2,3)10-7-8-11(14)12(9-10)15(4,5)6/h7-9H,1-6H3. The lowest BCUT2D eigenvalue weighted by atomic mass is 9.87. The second kappa shape index (κ2) is 3.74. The number of hydrogen-bond acceptors (Lipinski definition) is 0. The van der Waals surface area contributed by atoms with E-state index in [2.05, 4.69) is 46.5 Å². The van der Waals surface area contributed by atoms with Crippen molar-refractivity contribution in [2.75, 3.05) is 0 Å². The van der Waals surface area contributed by atoms with Gasteiger partial charge in [-0.25, -0.2) is 4.39 Å². The van der Waals surface area contributed by atoms with Crippen molar-refractivity contribution < 1.29 is 4.39 Å². The molecule has 0 saturated carbocycles. The Balaban J connectivity index is 3.30. The van der Waals surface area contributed by atoms with Gasteiger partial charge in [0.05, 0.1) is 8.07 Å². The van der Waals surface area contributed by atoms with Crippen molar-refractivity contribution in [3.63, 3.8) is 0 Å². The average Bonchev–Trinajstić information content (AvgIpc) is 2.00. The van der Waals surface area contributed by atoms with Crippen LogP contribution in [0.2, 0.25) is 19.6 Å². The Morgan fingerprint density at radius 1 is 1.07 bits per heavy atom. The van der Waals surface area contributed by atoms with Gasteiger partial charge in [-0.1, -0.05) is 52.5 Å². The molecular formula is C13H21FSi. The smallest absolute Gasteiger partial charge is 0.122 e. The third-order valence-electron chi connectivity index (χ3n) is 2.64. The summed E-state index contributed by atoms with van der Waals surface area (Å²) in [7, 11) is -1.56. The minimum absolute atomic E-state index is 0.0397. The molecule has 0 aliphatic heterocycles. The maximum Gasteiger partial charge on any atom is 0.122 e. The zero-order valence-electron chi connectivity index (χ0n) is 10.6. The molecule has 0 bridgehead atoms. The highest BCUT2D eigenvalue weighted by molar-refractivity contribution is 6.88. The van der Waals surface area contributed by atoms with Crippen LogP contribution >= 0.6 is 0 Å². The minimum Gasteiger partial charge on any atom is -0.207 e. The van der Waals surface area contributed by atoms with Crippen molar-refractivity contribution in [2.24, 2.45) is 0 Å². The van der Waals surface area contributed by atoms with Crippen molar-refractivity contribution >= 4 is 13.3 Å². The van der Waals surface area contributed by atoms with E-state index in [0.717, 1.165) is 5.19 Å². The molecule has 0 amide bonds. The Kier molecular flexibility index (Phi) is 3.10. The van der Waals surface area contributed by atoms with Crippen molar-refractivity contribution in [1.29, 1.82) is 0 Å². The predicted octanol–water partition coefficient (Wildman–Crippen LogP) is 3.67. The van der Waals surface area contributed by atoms with Crippen molar-refractivity contribution in [1.82, 2.24) is 0 Å². The molecule has 0 aliphatic rings. The summed E-state index contributed by atoms with van der Waals surface area (Å²) in [5, 5.41) is 0.940. The van der Waals surface area contributed by atoms with Crippen LogP contribution in [-0.4, -0.2) is 8.07 Å². The van der Waals surface area contributed by atoms with Crippen LogP contribution in [0.4, 0.5) is 4.39 Å². The average molecular weight is 224 g/mol. The minimum atomic E-state index is -1.56. The van der Waals surface area contributed by atoms with Crippen LogP contribution in [0.1, 0.15) is 26.3 Å². The first-order valence-electron chi connectivity index (χ1n) is 5.43. The normalized spacial score (nSPS) is 13.0. The molecule has 0 nitrogen and oxygen atoms in total. The summed E-state index contributed by atoms with van der Waals surface area (Å²) in [6.07, 6.45) is 0. The van der Waals surface area contributed by atoms with E-state index in [1.807, 2.05) is 6.07 Å². The molecule has 0 atom stereocenters. The maximum absolute atomic E-state index is 13.7. The molecule has 0 saturated heterocycles. The van der Waals surface area contributed by atoms with Crippen LogP contribution in [0.3, 0.4) is 0 Å². The van der Waals surface area contributed by atoms with Crippen LogP contribution < -0.4 is 5.19 Å². The SMILES string of the molecule is CC(C)(C)c1ccc(F)c([Si](C)(C)C)c1. The van der Waals surface area contributed by atoms with Gasteiger partial charge < -0.3 is 0 Å². The number of rotatable bonds is 1. The molecule has 0 spiro atoms. The Morgan fingerprint density at radius 3 is 2.00 bits per heavy atom. The van der Waals surface area contributed by atoms with E-state index in [1.165, 1.54) is 5.56 Å². The van der Waals surface area contributed by atoms with E-state index in [1.54, 1.807) is 6.07 Å². The van der Waals surface area contributed by atoms with Crippen LogP contribution in [0.25, 0.3) is 0 Å². The maximum atomic E-state index is 13.7. The van der Waals surface area contributed by atoms with Crippen LogP contribution in [0.5, 0.6) is 0 Å². The third-order valence-corrected chi connectivity index (χ3v) is 4.64. The van der Waals surface area contributed by atoms with Gasteiger partial charge in [0.15, 0.2) is 0 Å². The molecule has 84 valence electrons. The van der Waals surface area contributed by atoms with Gasteiger partial charge in [0.1, 0.15) is 5.82 Å². The first kappa shape index (κ1) is 12.4. The van der Waals surface area contributed by atoms with Crippen molar-refractivity contribution in [3.05, 3.63) is 29.6 Å². The second-order valence-electron chi connectivity index (χ2n) is 6.19. The van der Waals surface area contributed by atoms with E-state index >= 15 is 0 Å². The molecule has 0 radical (unpaired) electrons. The van der Waals surface area contributed by atoms with Crippen LogP contribution in [0.15, 0.2) is 18.2 Å². The van der Waals surface area contributed by atoms with Crippen LogP contribution in [0, 0.1) is 5.82 Å². The highest BCUT2D eigenvalue weighted by Gasteiger charge is 2.23. The summed E-state index contributed by atoms with van der Waals surface area (Å²) in [4.78, 5) is 0. The summed E-state index contributed by atoms with van der Waals surface area (Å²) in [6, 6.07) is 5.58. The van der Waals surface area contributed by atoms with Gasteiger partial charge in [-0.15, -0.1) is 0 Å². The monoisotopic (exact) mass is 224 g/mol. The largest absolute Gasteiger partial charge is 0.207 e. The zero-order valence-corrected chi connectivity index (χ0v) is 11.6. The summed E-state index contributed by atoms with van der Waals surface area (Å²) in [5.74, 6) is -0.0397. The summed E-state index contributed by atoms with van der Waals surface area (Å²) in [6.45, 7) is 13.0. The van der Waals surface area contributed by atoms with E-state index in [-0.39, 0.29) is 11.2 Å². The van der Waals surface area contributed by atoms with E-state index in [4.69, 9.17) is 0 Å². The molecule has 0 fully saturated rings. The zero-order chi connectivity index (χ0) is 11.9. The second-order valence-corrected chi connectivity index (χ2v) is 11.2. The summed E-state index contributed by atoms with van der Waals surface area (Å²) >= 11 is 0. The van der Waals surface area contributed by atoms with Gasteiger partial charge in [0.25, 0.3) is 0 Å². The fourth-order valence-corrected chi connectivity index (χ4v) is 2.95. The molecule has 15 heavy (non-hydrogen) atoms. The molecule has 0 heterocycles. The molecule has 2 heteroatoms. The van der Waals surface area contributed by atoms with Gasteiger partial charge >= 0.3 is 0 Å². The van der Waals surface area contributed by atoms with Crippen molar-refractivity contribution in [2.45, 2.75) is 45.8 Å². The summed E-state index contributed by atoms with van der Waals surface area (Å²) < 4.78 is 13.7. The molecular weight excluding hydrogens is 203 g/mol. The number of benzene rings is 1. The van der Waals surface area contributed by atoms with Crippen molar-refractivity contribution in [3.8, 4) is 0 Å². The lowest BCUT2D eigenvalue weighted by Gasteiger charge is -2.24. The third kappa shape index (κ3) is 2.91. The highest BCUT2D eigenvalue weighted by atomic mass is 28.3. The lowest BCUT2D eigenvalue weighted by Crippen LogP contribution is -2.40. The predicted molar refractivity (Wildman–Crippen MR) is 68.1 cm³/mol. The fraction of sp³-hybridized carbons (Fsp3) is 0.538. The summed E-state index contributed by atoms with van der Waals surface area (Å²) in [5.41, 5.74) is 1.32. The van der Waals surface area contributed by atoms with E-state index < -0.39 is 8.07 Å². The molecule has 1 rings (SSSR count). The molecule has 0 unspecified atom stereocenters. The fourth-order valence-electron chi connectivity index (χ4n) is 1.57. The van der Waals surface area contributed by atoms with E-state index in [0.29, 0.717) is 0 Å². The quantitative estimate of drug-likeness (QED) is 0.639. The van der Waals surface area contributed by atoms with Gasteiger partial charge in [-0.2, -0.15) is 0 Å². The van der Waals surface area contributed by atoms with Gasteiger partial charge in [0, 0.05) is 0 Å². The van der Waals surface area contributed by atoms with E-state index in [9.17, 15) is 4.39 Å². The highest BCUT2D eigenvalue weighted by Crippen LogP contribution is 2.22. The number of halogens is 1. The Morgan fingerprint density at radius 2 is 1.60 bits per heavy atom. The molecule has 1 aromatic carbocycles. The van der Waals surface area contributed by atoms with Gasteiger partial charge in [-0.3, -0.25) is 0 Å². The Labute approximate surface area is 93.5 Å². The molecule has 0 N–H and O–H groups in total. The van der Waals surface area contributed by atoms with Gasteiger partial charge in [-0.05, 0) is 22.2 Å². The molecule has 0 aliphatic carbocycles. The Hall–Kier alpha value is -0.633. The topological polar surface area (TPSA) is 0 Å².